The standard InChI is InChI=1S/C30H33NO4/c1-5-34-29(33)17-15-20-14-16-24(30(2,3)4)25(18-20)31-28(32)19-23-21-10-6-8-12-26(21)35-27-13-9-7-11-22(23)27/h6-14,16,18,23H,5,15,17,19H2,1-4H3,(H,31,32). The molecule has 1 heterocycles. The number of nitrogens with one attached hydrogen (secondary N) is 1. The molecular formula is C30H33NO4. The minimum atomic E-state index is -0.213. The largest absolute Gasteiger partial charge is 0.466 e. The summed E-state index contributed by atoms with van der Waals surface area (Å²) < 4.78 is 11.1. The van der Waals surface area contributed by atoms with Crippen molar-refractivity contribution in [2.75, 3.05) is 11.9 Å². The van der Waals surface area contributed by atoms with Gasteiger partial charge in [0.25, 0.3) is 0 Å². The van der Waals surface area contributed by atoms with Gasteiger partial charge in [0, 0.05) is 35.6 Å². The number of para-hydroxylation sites is 2. The number of esters is 1. The van der Waals surface area contributed by atoms with E-state index in [4.69, 9.17) is 9.47 Å². The van der Waals surface area contributed by atoms with Crippen molar-refractivity contribution in [1.29, 1.82) is 0 Å². The summed E-state index contributed by atoms with van der Waals surface area (Å²) in [6, 6.07) is 21.9. The Morgan fingerprint density at radius 3 is 2.17 bits per heavy atom. The minimum Gasteiger partial charge on any atom is -0.466 e. The summed E-state index contributed by atoms with van der Waals surface area (Å²) in [5.74, 6) is 1.21. The first-order valence-corrected chi connectivity index (χ1v) is 12.2. The number of carbonyl (C=O) groups excluding carboxylic acids is 2. The van der Waals surface area contributed by atoms with Gasteiger partial charge in [0.2, 0.25) is 5.91 Å². The molecule has 0 unspecified atom stereocenters. The average Bonchev–Trinajstić information content (AvgIpc) is 2.82. The van der Waals surface area contributed by atoms with Crippen molar-refractivity contribution in [2.45, 2.75) is 58.3 Å². The van der Waals surface area contributed by atoms with Crippen LogP contribution in [0.2, 0.25) is 0 Å². The number of hydrogen-bond donors (Lipinski definition) is 1. The summed E-state index contributed by atoms with van der Waals surface area (Å²) in [5, 5.41) is 3.18. The molecule has 3 aromatic rings. The van der Waals surface area contributed by atoms with Crippen LogP contribution in [-0.4, -0.2) is 18.5 Å². The van der Waals surface area contributed by atoms with Gasteiger partial charge in [0.05, 0.1) is 6.61 Å². The molecule has 1 aliphatic rings. The lowest BCUT2D eigenvalue weighted by molar-refractivity contribution is -0.143. The van der Waals surface area contributed by atoms with Gasteiger partial charge in [0.15, 0.2) is 0 Å². The molecule has 35 heavy (non-hydrogen) atoms. The third kappa shape index (κ3) is 5.73. The lowest BCUT2D eigenvalue weighted by atomic mass is 9.84. The highest BCUT2D eigenvalue weighted by Crippen LogP contribution is 2.45. The van der Waals surface area contributed by atoms with Crippen LogP contribution in [0.15, 0.2) is 66.7 Å². The Bertz CT molecular complexity index is 1180. The molecule has 0 radical (unpaired) electrons. The highest BCUT2D eigenvalue weighted by atomic mass is 16.5. The molecule has 5 nitrogen and oxygen atoms in total. The number of hydrogen-bond acceptors (Lipinski definition) is 4. The number of aryl methyl sites for hydroxylation is 1. The second kappa shape index (κ2) is 10.3. The number of benzene rings is 3. The van der Waals surface area contributed by atoms with Crippen molar-refractivity contribution in [1.82, 2.24) is 0 Å². The maximum absolute atomic E-state index is 13.4. The van der Waals surface area contributed by atoms with E-state index in [0.29, 0.717) is 25.9 Å². The maximum Gasteiger partial charge on any atom is 0.306 e. The van der Waals surface area contributed by atoms with Crippen molar-refractivity contribution >= 4 is 17.6 Å². The van der Waals surface area contributed by atoms with E-state index in [0.717, 1.165) is 39.4 Å². The Kier molecular flexibility index (Phi) is 7.25. The van der Waals surface area contributed by atoms with Gasteiger partial charge in [0.1, 0.15) is 11.5 Å². The third-order valence-corrected chi connectivity index (χ3v) is 6.29. The molecule has 0 saturated heterocycles. The summed E-state index contributed by atoms with van der Waals surface area (Å²) >= 11 is 0. The molecule has 0 aliphatic carbocycles. The van der Waals surface area contributed by atoms with E-state index >= 15 is 0 Å². The molecule has 0 saturated carbocycles. The Hall–Kier alpha value is -3.60. The first-order chi connectivity index (χ1) is 16.8. The highest BCUT2D eigenvalue weighted by molar-refractivity contribution is 5.93. The number of anilines is 1. The Labute approximate surface area is 207 Å². The van der Waals surface area contributed by atoms with E-state index < -0.39 is 0 Å². The zero-order valence-electron chi connectivity index (χ0n) is 20.9. The summed E-state index contributed by atoms with van der Waals surface area (Å²) in [6.45, 7) is 8.56. The average molecular weight is 472 g/mol. The topological polar surface area (TPSA) is 64.6 Å². The lowest BCUT2D eigenvalue weighted by Gasteiger charge is -2.28. The first-order valence-electron chi connectivity index (χ1n) is 12.2. The minimum absolute atomic E-state index is 0.0606. The van der Waals surface area contributed by atoms with Crippen LogP contribution in [-0.2, 0) is 26.2 Å². The summed E-state index contributed by atoms with van der Waals surface area (Å²) in [7, 11) is 0. The van der Waals surface area contributed by atoms with Crippen LogP contribution >= 0.6 is 0 Å². The van der Waals surface area contributed by atoms with Crippen molar-refractivity contribution < 1.29 is 19.1 Å². The highest BCUT2D eigenvalue weighted by Gasteiger charge is 2.29. The van der Waals surface area contributed by atoms with Crippen LogP contribution in [0.3, 0.4) is 0 Å². The summed E-state index contributed by atoms with van der Waals surface area (Å²) in [5.41, 5.74) is 4.71. The van der Waals surface area contributed by atoms with Gasteiger partial charge in [-0.15, -0.1) is 0 Å². The molecule has 1 aliphatic heterocycles. The van der Waals surface area contributed by atoms with E-state index in [2.05, 4.69) is 32.2 Å². The zero-order valence-corrected chi connectivity index (χ0v) is 20.9. The van der Waals surface area contributed by atoms with E-state index in [1.54, 1.807) is 6.92 Å². The molecule has 3 aromatic carbocycles. The summed E-state index contributed by atoms with van der Waals surface area (Å²) in [6.07, 6.45) is 1.17. The fourth-order valence-electron chi connectivity index (χ4n) is 4.60. The van der Waals surface area contributed by atoms with E-state index in [1.807, 2.05) is 60.7 Å². The monoisotopic (exact) mass is 471 g/mol. The quantitative estimate of drug-likeness (QED) is 0.387. The Morgan fingerprint density at radius 2 is 1.57 bits per heavy atom. The number of amides is 1. The third-order valence-electron chi connectivity index (χ3n) is 6.29. The van der Waals surface area contributed by atoms with Crippen molar-refractivity contribution in [3.63, 3.8) is 0 Å². The maximum atomic E-state index is 13.4. The van der Waals surface area contributed by atoms with E-state index in [1.165, 1.54) is 0 Å². The Balaban J connectivity index is 1.58. The van der Waals surface area contributed by atoms with Gasteiger partial charge in [-0.25, -0.2) is 0 Å². The van der Waals surface area contributed by atoms with Crippen LogP contribution in [0.25, 0.3) is 0 Å². The van der Waals surface area contributed by atoms with Crippen LogP contribution in [0.4, 0.5) is 5.69 Å². The molecule has 5 heteroatoms. The Morgan fingerprint density at radius 1 is 0.943 bits per heavy atom. The van der Waals surface area contributed by atoms with Gasteiger partial charge < -0.3 is 14.8 Å². The molecule has 0 bridgehead atoms. The van der Waals surface area contributed by atoms with Crippen LogP contribution in [0, 0.1) is 0 Å². The molecule has 182 valence electrons. The number of ether oxygens (including phenoxy) is 2. The molecule has 0 atom stereocenters. The van der Waals surface area contributed by atoms with E-state index in [9.17, 15) is 9.59 Å². The fourth-order valence-corrected chi connectivity index (χ4v) is 4.60. The van der Waals surface area contributed by atoms with Crippen LogP contribution in [0.5, 0.6) is 11.5 Å². The second-order valence-corrected chi connectivity index (χ2v) is 9.92. The van der Waals surface area contributed by atoms with Crippen LogP contribution < -0.4 is 10.1 Å². The lowest BCUT2D eigenvalue weighted by Crippen LogP contribution is -2.22. The number of rotatable bonds is 7. The molecule has 1 amide bonds. The molecule has 1 N–H and O–H groups in total. The van der Waals surface area contributed by atoms with Crippen molar-refractivity contribution in [2.24, 2.45) is 0 Å². The number of fused-ring (bicyclic) bond motifs is 2. The predicted octanol–water partition coefficient (Wildman–Crippen LogP) is 6.75. The van der Waals surface area contributed by atoms with Gasteiger partial charge in [-0.1, -0.05) is 69.3 Å². The normalized spacial score (nSPS) is 12.8. The molecule has 0 spiro atoms. The second-order valence-electron chi connectivity index (χ2n) is 9.92. The molecular weight excluding hydrogens is 438 g/mol. The molecule has 0 aromatic heterocycles. The van der Waals surface area contributed by atoms with E-state index in [-0.39, 0.29) is 23.2 Å². The molecule has 0 fully saturated rings. The van der Waals surface area contributed by atoms with Gasteiger partial charge in [-0.2, -0.15) is 0 Å². The first kappa shape index (κ1) is 24.5. The van der Waals surface area contributed by atoms with Crippen molar-refractivity contribution in [3.05, 3.63) is 89.0 Å². The van der Waals surface area contributed by atoms with Gasteiger partial charge in [-0.05, 0) is 48.1 Å². The predicted molar refractivity (Wildman–Crippen MR) is 138 cm³/mol. The van der Waals surface area contributed by atoms with Gasteiger partial charge >= 0.3 is 5.97 Å². The SMILES string of the molecule is CCOC(=O)CCc1ccc(C(C)(C)C)c(NC(=O)CC2c3ccccc3Oc3ccccc32)c1. The fraction of sp³-hybridized carbons (Fsp3) is 0.333. The van der Waals surface area contributed by atoms with Gasteiger partial charge in [-0.3, -0.25) is 9.59 Å². The van der Waals surface area contributed by atoms with Crippen LogP contribution in [0.1, 0.15) is 68.7 Å². The number of carbonyl (C=O) groups is 2. The zero-order chi connectivity index (χ0) is 25.0. The smallest absolute Gasteiger partial charge is 0.306 e. The summed E-state index contributed by atoms with van der Waals surface area (Å²) in [4.78, 5) is 25.2. The van der Waals surface area contributed by atoms with Crippen molar-refractivity contribution in [3.8, 4) is 11.5 Å². The molecule has 4 rings (SSSR count).